The van der Waals surface area contributed by atoms with Crippen molar-refractivity contribution in [1.82, 2.24) is 4.90 Å². The third-order valence-electron chi connectivity index (χ3n) is 3.65. The van der Waals surface area contributed by atoms with Crippen LogP contribution in [0.2, 0.25) is 5.02 Å². The van der Waals surface area contributed by atoms with Gasteiger partial charge in [0, 0.05) is 17.1 Å². The van der Waals surface area contributed by atoms with E-state index < -0.39 is 5.97 Å². The molecule has 0 aromatic heterocycles. The van der Waals surface area contributed by atoms with E-state index >= 15 is 0 Å². The van der Waals surface area contributed by atoms with Crippen LogP contribution in [0, 0.1) is 5.92 Å². The minimum absolute atomic E-state index is 0.0750. The third-order valence-corrected chi connectivity index (χ3v) is 3.88. The number of anilines is 1. The van der Waals surface area contributed by atoms with Crippen LogP contribution in [0.4, 0.5) is 5.69 Å². The summed E-state index contributed by atoms with van der Waals surface area (Å²) in [6.45, 7) is 1.86. The van der Waals surface area contributed by atoms with Gasteiger partial charge >= 0.3 is 5.97 Å². The first kappa shape index (κ1) is 15.8. The molecule has 2 N–H and O–H groups in total. The van der Waals surface area contributed by atoms with Crippen LogP contribution in [0.1, 0.15) is 19.3 Å². The molecule has 0 saturated carbocycles. The maximum absolute atomic E-state index is 12.0. The van der Waals surface area contributed by atoms with Crippen molar-refractivity contribution in [2.75, 3.05) is 25.0 Å². The molecule has 0 radical (unpaired) electrons. The summed E-state index contributed by atoms with van der Waals surface area (Å²) in [6.07, 6.45) is 1.88. The standard InChI is InChI=1S/C15H19ClN2O3/c16-12-2-1-3-13(9-12)17-14(19)10-18-6-4-11(5-7-18)8-15(20)21/h1-3,9,11H,4-8,10H2,(H,17,19)(H,20,21). The lowest BCUT2D eigenvalue weighted by atomic mass is 9.94. The zero-order valence-corrected chi connectivity index (χ0v) is 12.5. The van der Waals surface area contributed by atoms with Crippen LogP contribution in [0.15, 0.2) is 24.3 Å². The fraction of sp³-hybridized carbons (Fsp3) is 0.467. The molecule has 1 aromatic rings. The monoisotopic (exact) mass is 310 g/mol. The number of rotatable bonds is 5. The van der Waals surface area contributed by atoms with Gasteiger partial charge in [-0.2, -0.15) is 0 Å². The second kappa shape index (κ2) is 7.43. The summed E-state index contributed by atoms with van der Waals surface area (Å²) >= 11 is 5.87. The SMILES string of the molecule is O=C(O)CC1CCN(CC(=O)Nc2cccc(Cl)c2)CC1. The summed E-state index contributed by atoms with van der Waals surface area (Å²) in [5.74, 6) is -0.587. The normalized spacial score (nSPS) is 16.6. The summed E-state index contributed by atoms with van der Waals surface area (Å²) in [5.41, 5.74) is 0.688. The van der Waals surface area contributed by atoms with E-state index in [1.807, 2.05) is 0 Å². The van der Waals surface area contributed by atoms with Crippen molar-refractivity contribution in [3.05, 3.63) is 29.3 Å². The average Bonchev–Trinajstić information content (AvgIpc) is 2.40. The lowest BCUT2D eigenvalue weighted by molar-refractivity contribution is -0.138. The van der Waals surface area contributed by atoms with Gasteiger partial charge in [0.1, 0.15) is 0 Å². The third kappa shape index (κ3) is 5.36. The van der Waals surface area contributed by atoms with E-state index in [2.05, 4.69) is 10.2 Å². The van der Waals surface area contributed by atoms with Gasteiger partial charge in [0.25, 0.3) is 0 Å². The van der Waals surface area contributed by atoms with Crippen molar-refractivity contribution in [1.29, 1.82) is 0 Å². The van der Waals surface area contributed by atoms with Crippen LogP contribution in [-0.4, -0.2) is 41.5 Å². The summed E-state index contributed by atoms with van der Waals surface area (Å²) in [7, 11) is 0. The highest BCUT2D eigenvalue weighted by Gasteiger charge is 2.22. The van der Waals surface area contributed by atoms with Crippen molar-refractivity contribution in [2.45, 2.75) is 19.3 Å². The Bertz CT molecular complexity index is 513. The Kier molecular flexibility index (Phi) is 5.59. The Morgan fingerprint density at radius 1 is 1.33 bits per heavy atom. The second-order valence-electron chi connectivity index (χ2n) is 5.38. The lowest BCUT2D eigenvalue weighted by Gasteiger charge is -2.30. The number of likely N-dealkylation sites (tertiary alicyclic amines) is 1. The minimum atomic E-state index is -0.743. The van der Waals surface area contributed by atoms with Crippen molar-refractivity contribution in [2.24, 2.45) is 5.92 Å². The number of nitrogens with zero attached hydrogens (tertiary/aromatic N) is 1. The van der Waals surface area contributed by atoms with Crippen molar-refractivity contribution >= 4 is 29.2 Å². The largest absolute Gasteiger partial charge is 0.481 e. The second-order valence-corrected chi connectivity index (χ2v) is 5.81. The highest BCUT2D eigenvalue weighted by atomic mass is 35.5. The molecule has 0 unspecified atom stereocenters. The van der Waals surface area contributed by atoms with Crippen LogP contribution in [0.25, 0.3) is 0 Å². The first-order valence-corrected chi connectivity index (χ1v) is 7.40. The summed E-state index contributed by atoms with van der Waals surface area (Å²) in [5, 5.41) is 12.2. The van der Waals surface area contributed by atoms with Crippen LogP contribution >= 0.6 is 11.6 Å². The number of amides is 1. The molecule has 21 heavy (non-hydrogen) atoms. The molecule has 1 fully saturated rings. The maximum atomic E-state index is 12.0. The Hall–Kier alpha value is -1.59. The van der Waals surface area contributed by atoms with E-state index in [0.29, 0.717) is 17.3 Å². The predicted octanol–water partition coefficient (Wildman–Crippen LogP) is 2.47. The first-order chi connectivity index (χ1) is 10.0. The van der Waals surface area contributed by atoms with Crippen molar-refractivity contribution in [3.63, 3.8) is 0 Å². The Morgan fingerprint density at radius 3 is 2.67 bits per heavy atom. The molecular weight excluding hydrogens is 292 g/mol. The fourth-order valence-corrected chi connectivity index (χ4v) is 2.76. The molecule has 5 nitrogen and oxygen atoms in total. The number of aliphatic carboxylic acids is 1. The van der Waals surface area contributed by atoms with Gasteiger partial charge < -0.3 is 10.4 Å². The molecular formula is C15H19ClN2O3. The Morgan fingerprint density at radius 2 is 2.05 bits per heavy atom. The molecule has 1 aliphatic heterocycles. The van der Waals surface area contributed by atoms with E-state index in [-0.39, 0.29) is 18.2 Å². The summed E-state index contributed by atoms with van der Waals surface area (Å²) < 4.78 is 0. The molecule has 1 aliphatic rings. The van der Waals surface area contributed by atoms with Gasteiger partial charge in [-0.05, 0) is 50.0 Å². The molecule has 1 aromatic carbocycles. The zero-order valence-electron chi connectivity index (χ0n) is 11.7. The molecule has 1 saturated heterocycles. The molecule has 2 rings (SSSR count). The molecule has 6 heteroatoms. The van der Waals surface area contributed by atoms with Gasteiger partial charge in [-0.15, -0.1) is 0 Å². The van der Waals surface area contributed by atoms with E-state index in [4.69, 9.17) is 16.7 Å². The minimum Gasteiger partial charge on any atom is -0.481 e. The van der Waals surface area contributed by atoms with Crippen LogP contribution in [0.5, 0.6) is 0 Å². The van der Waals surface area contributed by atoms with Crippen LogP contribution in [0.3, 0.4) is 0 Å². The smallest absolute Gasteiger partial charge is 0.303 e. The van der Waals surface area contributed by atoms with Gasteiger partial charge in [0.2, 0.25) is 5.91 Å². The predicted molar refractivity (Wildman–Crippen MR) is 81.5 cm³/mol. The van der Waals surface area contributed by atoms with Gasteiger partial charge in [0.05, 0.1) is 6.54 Å². The molecule has 0 atom stereocenters. The molecule has 114 valence electrons. The van der Waals surface area contributed by atoms with Gasteiger partial charge in [0.15, 0.2) is 0 Å². The molecule has 0 bridgehead atoms. The van der Waals surface area contributed by atoms with Crippen LogP contribution < -0.4 is 5.32 Å². The quantitative estimate of drug-likeness (QED) is 0.876. The number of carbonyl (C=O) groups is 2. The van der Waals surface area contributed by atoms with Gasteiger partial charge in [-0.1, -0.05) is 17.7 Å². The maximum Gasteiger partial charge on any atom is 0.303 e. The van der Waals surface area contributed by atoms with Gasteiger partial charge in [-0.25, -0.2) is 0 Å². The first-order valence-electron chi connectivity index (χ1n) is 7.02. The number of carboxylic acid groups (broad SMARTS) is 1. The number of hydrogen-bond acceptors (Lipinski definition) is 3. The van der Waals surface area contributed by atoms with Gasteiger partial charge in [-0.3, -0.25) is 14.5 Å². The summed E-state index contributed by atoms with van der Waals surface area (Å²) in [4.78, 5) is 24.7. The number of piperidine rings is 1. The molecule has 0 spiro atoms. The van der Waals surface area contributed by atoms with E-state index in [1.165, 1.54) is 0 Å². The highest BCUT2D eigenvalue weighted by Crippen LogP contribution is 2.20. The number of carboxylic acids is 1. The van der Waals surface area contributed by atoms with E-state index in [9.17, 15) is 9.59 Å². The number of nitrogens with one attached hydrogen (secondary N) is 1. The lowest BCUT2D eigenvalue weighted by Crippen LogP contribution is -2.39. The number of carbonyl (C=O) groups excluding carboxylic acids is 1. The zero-order chi connectivity index (χ0) is 15.2. The summed E-state index contributed by atoms with van der Waals surface area (Å²) in [6, 6.07) is 7.04. The number of hydrogen-bond donors (Lipinski definition) is 2. The number of halogens is 1. The number of benzene rings is 1. The van der Waals surface area contributed by atoms with E-state index in [0.717, 1.165) is 25.9 Å². The topological polar surface area (TPSA) is 69.6 Å². The molecule has 1 amide bonds. The van der Waals surface area contributed by atoms with Crippen molar-refractivity contribution < 1.29 is 14.7 Å². The Labute approximate surface area is 128 Å². The van der Waals surface area contributed by atoms with Crippen LogP contribution in [-0.2, 0) is 9.59 Å². The fourth-order valence-electron chi connectivity index (χ4n) is 2.57. The van der Waals surface area contributed by atoms with Crippen molar-refractivity contribution in [3.8, 4) is 0 Å². The Balaban J connectivity index is 1.75. The molecule has 0 aliphatic carbocycles. The molecule has 1 heterocycles. The van der Waals surface area contributed by atoms with E-state index in [1.54, 1.807) is 24.3 Å². The average molecular weight is 311 g/mol. The highest BCUT2D eigenvalue weighted by molar-refractivity contribution is 6.30.